The van der Waals surface area contributed by atoms with E-state index in [-0.39, 0.29) is 23.7 Å². The summed E-state index contributed by atoms with van der Waals surface area (Å²) in [6.07, 6.45) is 3.63. The summed E-state index contributed by atoms with van der Waals surface area (Å²) in [5.74, 6) is 0.647. The lowest BCUT2D eigenvalue weighted by Gasteiger charge is -2.06. The third-order valence-corrected chi connectivity index (χ3v) is 4.26. The predicted octanol–water partition coefficient (Wildman–Crippen LogP) is 1.27. The second-order valence-corrected chi connectivity index (χ2v) is 6.12. The summed E-state index contributed by atoms with van der Waals surface area (Å²) in [5, 5.41) is 5.89. The van der Waals surface area contributed by atoms with E-state index in [0.29, 0.717) is 19.0 Å². The maximum absolute atomic E-state index is 12.0. The van der Waals surface area contributed by atoms with Crippen molar-refractivity contribution in [2.75, 3.05) is 13.7 Å². The van der Waals surface area contributed by atoms with Gasteiger partial charge in [-0.1, -0.05) is 12.1 Å². The lowest BCUT2D eigenvalue weighted by atomic mass is 10.1. The molecule has 0 radical (unpaired) electrons. The Kier molecular flexibility index (Phi) is 4.32. The molecule has 118 valence electrons. The number of hydrogen-bond donors (Lipinski definition) is 2. The van der Waals surface area contributed by atoms with Crippen molar-refractivity contribution in [2.24, 2.45) is 11.8 Å². The van der Waals surface area contributed by atoms with Gasteiger partial charge < -0.3 is 15.4 Å². The Balaban J connectivity index is 1.36. The topological polar surface area (TPSA) is 67.4 Å². The fourth-order valence-electron chi connectivity index (χ4n) is 2.56. The van der Waals surface area contributed by atoms with Crippen LogP contribution in [-0.2, 0) is 16.0 Å². The van der Waals surface area contributed by atoms with Crippen LogP contribution in [0.1, 0.15) is 24.8 Å². The van der Waals surface area contributed by atoms with Crippen LogP contribution in [0, 0.1) is 11.8 Å². The fourth-order valence-corrected chi connectivity index (χ4v) is 2.56. The molecule has 1 aromatic rings. The van der Waals surface area contributed by atoms with Crippen molar-refractivity contribution in [3.63, 3.8) is 0 Å². The van der Waals surface area contributed by atoms with Gasteiger partial charge in [-0.3, -0.25) is 9.59 Å². The Morgan fingerprint density at radius 1 is 1.14 bits per heavy atom. The van der Waals surface area contributed by atoms with Gasteiger partial charge in [-0.2, -0.15) is 0 Å². The summed E-state index contributed by atoms with van der Waals surface area (Å²) in [4.78, 5) is 23.8. The quantitative estimate of drug-likeness (QED) is 0.797. The molecule has 2 aliphatic rings. The third-order valence-electron chi connectivity index (χ3n) is 4.26. The molecule has 2 aliphatic carbocycles. The molecule has 0 bridgehead atoms. The first-order valence-corrected chi connectivity index (χ1v) is 7.88. The van der Waals surface area contributed by atoms with E-state index in [2.05, 4.69) is 10.6 Å². The van der Waals surface area contributed by atoms with Crippen LogP contribution in [-0.4, -0.2) is 31.5 Å². The third kappa shape index (κ3) is 3.78. The van der Waals surface area contributed by atoms with Crippen LogP contribution in [0.15, 0.2) is 24.3 Å². The smallest absolute Gasteiger partial charge is 0.224 e. The standard InChI is InChI=1S/C17H22N2O3/c1-22-13-6-2-11(3-7-13)8-9-18-16(20)14-10-15(14)17(21)19-12-4-5-12/h2-3,6-7,12,14-15H,4-5,8-10H2,1H3,(H,18,20)(H,19,21). The molecule has 0 heterocycles. The van der Waals surface area contributed by atoms with Crippen molar-refractivity contribution in [3.05, 3.63) is 29.8 Å². The number of hydrogen-bond acceptors (Lipinski definition) is 3. The number of benzene rings is 1. The Bertz CT molecular complexity index is 552. The highest BCUT2D eigenvalue weighted by molar-refractivity contribution is 5.92. The average Bonchev–Trinajstić information content (AvgIpc) is 3.41. The summed E-state index contributed by atoms with van der Waals surface area (Å²) in [6, 6.07) is 8.18. The summed E-state index contributed by atoms with van der Waals surface area (Å²) in [6.45, 7) is 0.596. The minimum Gasteiger partial charge on any atom is -0.497 e. The fraction of sp³-hybridized carbons (Fsp3) is 0.529. The zero-order valence-corrected chi connectivity index (χ0v) is 12.8. The molecule has 22 heavy (non-hydrogen) atoms. The predicted molar refractivity (Wildman–Crippen MR) is 82.5 cm³/mol. The molecular formula is C17H22N2O3. The van der Waals surface area contributed by atoms with Crippen LogP contribution in [0.25, 0.3) is 0 Å². The van der Waals surface area contributed by atoms with Crippen molar-refractivity contribution in [1.29, 1.82) is 0 Å². The second-order valence-electron chi connectivity index (χ2n) is 6.12. The van der Waals surface area contributed by atoms with Crippen LogP contribution in [0.2, 0.25) is 0 Å². The monoisotopic (exact) mass is 302 g/mol. The number of nitrogens with one attached hydrogen (secondary N) is 2. The molecule has 2 fully saturated rings. The first kappa shape index (κ1) is 14.9. The number of amides is 2. The Morgan fingerprint density at radius 2 is 1.82 bits per heavy atom. The first-order valence-electron chi connectivity index (χ1n) is 7.88. The van der Waals surface area contributed by atoms with Gasteiger partial charge >= 0.3 is 0 Å². The summed E-state index contributed by atoms with van der Waals surface area (Å²) >= 11 is 0. The highest BCUT2D eigenvalue weighted by atomic mass is 16.5. The summed E-state index contributed by atoms with van der Waals surface area (Å²) in [7, 11) is 1.64. The molecule has 3 rings (SSSR count). The molecule has 2 unspecified atom stereocenters. The van der Waals surface area contributed by atoms with Crippen molar-refractivity contribution >= 4 is 11.8 Å². The number of ether oxygens (including phenoxy) is 1. The average molecular weight is 302 g/mol. The van der Waals surface area contributed by atoms with E-state index in [1.165, 1.54) is 0 Å². The van der Waals surface area contributed by atoms with E-state index >= 15 is 0 Å². The lowest BCUT2D eigenvalue weighted by Crippen LogP contribution is -2.32. The second kappa shape index (κ2) is 6.38. The van der Waals surface area contributed by atoms with E-state index in [9.17, 15) is 9.59 Å². The zero-order valence-electron chi connectivity index (χ0n) is 12.8. The van der Waals surface area contributed by atoms with E-state index in [1.807, 2.05) is 24.3 Å². The molecule has 5 nitrogen and oxygen atoms in total. The molecule has 2 atom stereocenters. The molecule has 0 spiro atoms. The zero-order chi connectivity index (χ0) is 15.5. The molecule has 5 heteroatoms. The van der Waals surface area contributed by atoms with Gasteiger partial charge in [0.2, 0.25) is 11.8 Å². The van der Waals surface area contributed by atoms with E-state index < -0.39 is 0 Å². The number of methoxy groups -OCH3 is 1. The van der Waals surface area contributed by atoms with Crippen LogP contribution in [0.5, 0.6) is 5.75 Å². The molecule has 2 amide bonds. The maximum atomic E-state index is 12.0. The highest BCUT2D eigenvalue weighted by Gasteiger charge is 2.48. The van der Waals surface area contributed by atoms with Gasteiger partial charge in [-0.15, -0.1) is 0 Å². The van der Waals surface area contributed by atoms with Gasteiger partial charge in [0, 0.05) is 12.6 Å². The molecule has 1 aromatic carbocycles. The minimum absolute atomic E-state index is 0.00413. The molecule has 2 N–H and O–H groups in total. The highest BCUT2D eigenvalue weighted by Crippen LogP contribution is 2.39. The molecule has 0 aliphatic heterocycles. The molecule has 0 aromatic heterocycles. The normalized spacial score (nSPS) is 22.8. The lowest BCUT2D eigenvalue weighted by molar-refractivity contribution is -0.127. The van der Waals surface area contributed by atoms with Crippen molar-refractivity contribution < 1.29 is 14.3 Å². The molecule has 0 saturated heterocycles. The van der Waals surface area contributed by atoms with Crippen LogP contribution in [0.3, 0.4) is 0 Å². The molecule has 2 saturated carbocycles. The van der Waals surface area contributed by atoms with E-state index in [4.69, 9.17) is 4.74 Å². The van der Waals surface area contributed by atoms with Crippen LogP contribution < -0.4 is 15.4 Å². The van der Waals surface area contributed by atoms with Crippen molar-refractivity contribution in [1.82, 2.24) is 10.6 Å². The van der Waals surface area contributed by atoms with Gasteiger partial charge in [0.1, 0.15) is 5.75 Å². The molecular weight excluding hydrogens is 280 g/mol. The van der Waals surface area contributed by atoms with Gasteiger partial charge in [0.25, 0.3) is 0 Å². The van der Waals surface area contributed by atoms with Gasteiger partial charge in [0.15, 0.2) is 0 Å². The Morgan fingerprint density at radius 3 is 2.45 bits per heavy atom. The number of rotatable bonds is 7. The van der Waals surface area contributed by atoms with Crippen molar-refractivity contribution in [3.8, 4) is 5.75 Å². The maximum Gasteiger partial charge on any atom is 0.224 e. The number of carbonyl (C=O) groups excluding carboxylic acids is 2. The van der Waals surface area contributed by atoms with Gasteiger partial charge in [-0.05, 0) is 43.4 Å². The Hall–Kier alpha value is -2.04. The van der Waals surface area contributed by atoms with Crippen LogP contribution >= 0.6 is 0 Å². The largest absolute Gasteiger partial charge is 0.497 e. The first-order chi connectivity index (χ1) is 10.7. The SMILES string of the molecule is COc1ccc(CCNC(=O)C2CC2C(=O)NC2CC2)cc1. The van der Waals surface area contributed by atoms with E-state index in [1.54, 1.807) is 7.11 Å². The minimum atomic E-state index is -0.130. The Labute approximate surface area is 130 Å². The van der Waals surface area contributed by atoms with E-state index in [0.717, 1.165) is 30.6 Å². The van der Waals surface area contributed by atoms with Crippen LogP contribution in [0.4, 0.5) is 0 Å². The van der Waals surface area contributed by atoms with Gasteiger partial charge in [0.05, 0.1) is 18.9 Å². The number of carbonyl (C=O) groups is 2. The summed E-state index contributed by atoms with van der Waals surface area (Å²) in [5.41, 5.74) is 1.15. The van der Waals surface area contributed by atoms with Gasteiger partial charge in [-0.25, -0.2) is 0 Å². The summed E-state index contributed by atoms with van der Waals surface area (Å²) < 4.78 is 5.11. The van der Waals surface area contributed by atoms with Crippen molar-refractivity contribution in [2.45, 2.75) is 31.7 Å².